The van der Waals surface area contributed by atoms with Crippen LogP contribution in [0.5, 0.6) is 5.75 Å². The van der Waals surface area contributed by atoms with Crippen molar-refractivity contribution >= 4 is 11.5 Å². The summed E-state index contributed by atoms with van der Waals surface area (Å²) in [6, 6.07) is 12.4. The summed E-state index contributed by atoms with van der Waals surface area (Å²) in [4.78, 5) is 9.51. The summed E-state index contributed by atoms with van der Waals surface area (Å²) in [6.45, 7) is 7.49. The SMILES string of the molecule is c1cc2cc(c1)-c1cnc3ccc(nn13)N(CCN1CCOCC1)CCCCCCO2. The maximum absolute atomic E-state index is 6.00. The van der Waals surface area contributed by atoms with Gasteiger partial charge in [-0.25, -0.2) is 9.50 Å². The highest BCUT2D eigenvalue weighted by Crippen LogP contribution is 2.26. The molecule has 0 atom stereocenters. The lowest BCUT2D eigenvalue weighted by molar-refractivity contribution is 0.0391. The van der Waals surface area contributed by atoms with Gasteiger partial charge in [0, 0.05) is 38.3 Å². The van der Waals surface area contributed by atoms with E-state index >= 15 is 0 Å². The molecule has 0 N–H and O–H groups in total. The van der Waals surface area contributed by atoms with E-state index in [0.29, 0.717) is 0 Å². The normalized spacial score (nSPS) is 18.5. The molecule has 0 spiro atoms. The number of nitrogens with zero attached hydrogens (tertiary/aromatic N) is 5. The number of benzene rings is 1. The fourth-order valence-electron chi connectivity index (χ4n) is 4.35. The van der Waals surface area contributed by atoms with Crippen LogP contribution in [0.15, 0.2) is 42.6 Å². The monoisotopic (exact) mass is 421 g/mol. The van der Waals surface area contributed by atoms with Gasteiger partial charge in [-0.3, -0.25) is 4.90 Å². The Hall–Kier alpha value is -2.64. The van der Waals surface area contributed by atoms with Gasteiger partial charge in [-0.05, 0) is 37.1 Å². The van der Waals surface area contributed by atoms with Gasteiger partial charge in [-0.1, -0.05) is 25.0 Å². The highest BCUT2D eigenvalue weighted by molar-refractivity contribution is 5.65. The molecule has 4 heterocycles. The standard InChI is InChI=1S/C24H31N5O2/c1-2-4-15-31-21-7-5-6-20(18-21)22-19-25-23-8-9-24(26-29(22)23)28(10-3-1)12-11-27-13-16-30-17-14-27/h5-9,18-19H,1-4,10-17H2. The van der Waals surface area contributed by atoms with E-state index in [0.717, 1.165) is 93.9 Å². The second-order valence-electron chi connectivity index (χ2n) is 8.34. The van der Waals surface area contributed by atoms with Gasteiger partial charge in [0.25, 0.3) is 0 Å². The van der Waals surface area contributed by atoms with E-state index in [9.17, 15) is 0 Å². The van der Waals surface area contributed by atoms with Crippen molar-refractivity contribution in [1.82, 2.24) is 19.5 Å². The largest absolute Gasteiger partial charge is 0.494 e. The van der Waals surface area contributed by atoms with Crippen molar-refractivity contribution < 1.29 is 9.47 Å². The molecule has 0 amide bonds. The number of hydrogen-bond acceptors (Lipinski definition) is 6. The molecule has 0 radical (unpaired) electrons. The Morgan fingerprint density at radius 1 is 0.871 bits per heavy atom. The van der Waals surface area contributed by atoms with Crippen molar-refractivity contribution in [2.24, 2.45) is 0 Å². The van der Waals surface area contributed by atoms with Gasteiger partial charge in [0.15, 0.2) is 5.65 Å². The summed E-state index contributed by atoms with van der Waals surface area (Å²) in [5, 5.41) is 5.02. The molecule has 5 rings (SSSR count). The van der Waals surface area contributed by atoms with Crippen molar-refractivity contribution in [2.75, 3.05) is 57.4 Å². The Kier molecular flexibility index (Phi) is 6.32. The second kappa shape index (κ2) is 9.66. The number of rotatable bonds is 3. The molecule has 0 unspecified atom stereocenters. The molecular formula is C24H31N5O2. The third-order valence-corrected chi connectivity index (χ3v) is 6.18. The molecule has 0 saturated carbocycles. The average molecular weight is 422 g/mol. The van der Waals surface area contributed by atoms with Gasteiger partial charge in [0.1, 0.15) is 11.6 Å². The molecule has 2 aromatic heterocycles. The number of imidazole rings is 1. The van der Waals surface area contributed by atoms with Crippen LogP contribution < -0.4 is 9.64 Å². The average Bonchev–Trinajstić information content (AvgIpc) is 3.24. The minimum atomic E-state index is 0.762. The molecular weight excluding hydrogens is 390 g/mol. The zero-order chi connectivity index (χ0) is 20.9. The molecule has 31 heavy (non-hydrogen) atoms. The first-order valence-corrected chi connectivity index (χ1v) is 11.5. The van der Waals surface area contributed by atoms with Crippen LogP contribution in [0.1, 0.15) is 25.7 Å². The molecule has 3 aromatic rings. The van der Waals surface area contributed by atoms with Crippen LogP contribution in [0, 0.1) is 0 Å². The van der Waals surface area contributed by atoms with Gasteiger partial charge in [0.2, 0.25) is 0 Å². The summed E-state index contributed by atoms with van der Waals surface area (Å²) >= 11 is 0. The van der Waals surface area contributed by atoms with Crippen molar-refractivity contribution in [3.8, 4) is 17.0 Å². The zero-order valence-corrected chi connectivity index (χ0v) is 18.1. The molecule has 7 nitrogen and oxygen atoms in total. The molecule has 164 valence electrons. The first kappa shape index (κ1) is 20.3. The van der Waals surface area contributed by atoms with Crippen LogP contribution in [0.25, 0.3) is 16.9 Å². The molecule has 1 fully saturated rings. The van der Waals surface area contributed by atoms with E-state index in [1.165, 1.54) is 12.8 Å². The lowest BCUT2D eigenvalue weighted by Crippen LogP contribution is -2.42. The number of morpholine rings is 1. The third-order valence-electron chi connectivity index (χ3n) is 6.18. The molecule has 0 aliphatic carbocycles. The fourth-order valence-corrected chi connectivity index (χ4v) is 4.35. The number of hydrogen-bond donors (Lipinski definition) is 0. The van der Waals surface area contributed by atoms with Crippen molar-refractivity contribution in [1.29, 1.82) is 0 Å². The van der Waals surface area contributed by atoms with E-state index in [1.807, 2.05) is 22.8 Å². The highest BCUT2D eigenvalue weighted by Gasteiger charge is 2.16. The number of anilines is 1. The van der Waals surface area contributed by atoms with Crippen LogP contribution in [-0.2, 0) is 4.74 Å². The molecule has 2 aliphatic heterocycles. The second-order valence-corrected chi connectivity index (χ2v) is 8.34. The van der Waals surface area contributed by atoms with Crippen molar-refractivity contribution in [3.63, 3.8) is 0 Å². The minimum Gasteiger partial charge on any atom is -0.494 e. The first-order chi connectivity index (χ1) is 15.4. The topological polar surface area (TPSA) is 55.1 Å². The summed E-state index contributed by atoms with van der Waals surface area (Å²) in [5.41, 5.74) is 2.93. The van der Waals surface area contributed by atoms with E-state index in [1.54, 1.807) is 0 Å². The lowest BCUT2D eigenvalue weighted by atomic mass is 10.1. The van der Waals surface area contributed by atoms with Crippen molar-refractivity contribution in [3.05, 3.63) is 42.6 Å². The van der Waals surface area contributed by atoms with Crippen molar-refractivity contribution in [2.45, 2.75) is 25.7 Å². The smallest absolute Gasteiger partial charge is 0.154 e. The lowest BCUT2D eigenvalue weighted by Gasteiger charge is -2.30. The van der Waals surface area contributed by atoms with E-state index < -0.39 is 0 Å². The molecule has 7 heteroatoms. The zero-order valence-electron chi connectivity index (χ0n) is 18.1. The fraction of sp³-hybridized carbons (Fsp3) is 0.500. The number of fused-ring (bicyclic) bond motifs is 4. The Balaban J connectivity index is 1.46. The molecule has 2 aliphatic rings. The maximum Gasteiger partial charge on any atom is 0.154 e. The summed E-state index contributed by atoms with van der Waals surface area (Å²) < 4.78 is 13.5. The van der Waals surface area contributed by atoms with Gasteiger partial charge in [0.05, 0.1) is 31.7 Å². The summed E-state index contributed by atoms with van der Waals surface area (Å²) in [5.74, 6) is 1.92. The summed E-state index contributed by atoms with van der Waals surface area (Å²) in [6.07, 6.45) is 6.54. The van der Waals surface area contributed by atoms with Gasteiger partial charge in [-0.2, -0.15) is 0 Å². The first-order valence-electron chi connectivity index (χ1n) is 11.5. The van der Waals surface area contributed by atoms with E-state index in [4.69, 9.17) is 14.6 Å². The Morgan fingerprint density at radius 2 is 1.77 bits per heavy atom. The van der Waals surface area contributed by atoms with Crippen LogP contribution in [-0.4, -0.2) is 72.0 Å². The number of ether oxygens (including phenoxy) is 2. The van der Waals surface area contributed by atoms with Gasteiger partial charge in [-0.15, -0.1) is 5.10 Å². The third kappa shape index (κ3) is 4.83. The van der Waals surface area contributed by atoms with Crippen LogP contribution in [0.2, 0.25) is 0 Å². The van der Waals surface area contributed by atoms with Crippen LogP contribution >= 0.6 is 0 Å². The van der Waals surface area contributed by atoms with Crippen LogP contribution in [0.3, 0.4) is 0 Å². The van der Waals surface area contributed by atoms with Gasteiger partial charge >= 0.3 is 0 Å². The Labute approximate surface area is 183 Å². The number of aromatic nitrogens is 3. The maximum atomic E-state index is 6.00. The minimum absolute atomic E-state index is 0.762. The van der Waals surface area contributed by atoms with E-state index in [-0.39, 0.29) is 0 Å². The quantitative estimate of drug-likeness (QED) is 0.645. The predicted molar refractivity (Wildman–Crippen MR) is 122 cm³/mol. The Bertz CT molecular complexity index is 999. The summed E-state index contributed by atoms with van der Waals surface area (Å²) in [7, 11) is 0. The van der Waals surface area contributed by atoms with Crippen LogP contribution in [0.4, 0.5) is 5.82 Å². The molecule has 1 saturated heterocycles. The van der Waals surface area contributed by atoms with Gasteiger partial charge < -0.3 is 14.4 Å². The Morgan fingerprint density at radius 3 is 2.71 bits per heavy atom. The van der Waals surface area contributed by atoms with E-state index in [2.05, 4.69) is 39.0 Å². The molecule has 1 aromatic carbocycles. The highest BCUT2D eigenvalue weighted by atomic mass is 16.5. The molecule has 4 bridgehead atoms. The predicted octanol–water partition coefficient (Wildman–Crippen LogP) is 3.49.